The third-order valence-corrected chi connectivity index (χ3v) is 3.17. The predicted molar refractivity (Wildman–Crippen MR) is 74.0 cm³/mol. The van der Waals surface area contributed by atoms with E-state index >= 15 is 0 Å². The number of carbonyl (C=O) groups excluding carboxylic acids is 2. The van der Waals surface area contributed by atoms with E-state index in [1.165, 1.54) is 18.2 Å². The van der Waals surface area contributed by atoms with Crippen molar-refractivity contribution in [3.05, 3.63) is 29.6 Å². The van der Waals surface area contributed by atoms with Crippen LogP contribution in [0.3, 0.4) is 0 Å². The molecule has 0 bridgehead atoms. The van der Waals surface area contributed by atoms with Gasteiger partial charge in [0.2, 0.25) is 5.91 Å². The molecule has 3 N–H and O–H groups in total. The van der Waals surface area contributed by atoms with Gasteiger partial charge >= 0.3 is 0 Å². The van der Waals surface area contributed by atoms with E-state index in [0.717, 1.165) is 12.8 Å². The molecule has 1 atom stereocenters. The molecule has 0 heterocycles. The molecular formula is C14H18FN3O2. The number of hydrogen-bond donors (Lipinski definition) is 3. The first-order valence-corrected chi connectivity index (χ1v) is 6.60. The number of hydrogen-bond acceptors (Lipinski definition) is 3. The number of benzene rings is 1. The molecule has 2 rings (SSSR count). The topological polar surface area (TPSA) is 70.2 Å². The number of amides is 2. The molecule has 1 unspecified atom stereocenters. The van der Waals surface area contributed by atoms with Gasteiger partial charge < -0.3 is 16.0 Å². The summed E-state index contributed by atoms with van der Waals surface area (Å²) in [4.78, 5) is 23.9. The number of rotatable bonds is 5. The summed E-state index contributed by atoms with van der Waals surface area (Å²) in [6.45, 7) is 1.61. The van der Waals surface area contributed by atoms with Gasteiger partial charge in [-0.25, -0.2) is 4.39 Å². The van der Waals surface area contributed by atoms with Crippen molar-refractivity contribution in [3.63, 3.8) is 0 Å². The van der Waals surface area contributed by atoms with Gasteiger partial charge in [-0.2, -0.15) is 0 Å². The van der Waals surface area contributed by atoms with E-state index in [9.17, 15) is 14.0 Å². The molecule has 20 heavy (non-hydrogen) atoms. The first-order valence-electron chi connectivity index (χ1n) is 6.60. The number of para-hydroxylation sites is 1. The Morgan fingerprint density at radius 1 is 1.35 bits per heavy atom. The molecule has 1 aromatic rings. The lowest BCUT2D eigenvalue weighted by Gasteiger charge is -2.15. The smallest absolute Gasteiger partial charge is 0.254 e. The second kappa shape index (κ2) is 5.90. The minimum absolute atomic E-state index is 0.125. The summed E-state index contributed by atoms with van der Waals surface area (Å²) in [5.41, 5.74) is 0.304. The van der Waals surface area contributed by atoms with Crippen LogP contribution in [0, 0.1) is 5.82 Å². The maximum Gasteiger partial charge on any atom is 0.254 e. The molecule has 1 aliphatic carbocycles. The normalized spacial score (nSPS) is 15.3. The van der Waals surface area contributed by atoms with Crippen LogP contribution in [0.5, 0.6) is 0 Å². The molecule has 0 saturated heterocycles. The molecule has 1 aliphatic rings. The van der Waals surface area contributed by atoms with Crippen LogP contribution in [-0.2, 0) is 4.79 Å². The second-order valence-corrected chi connectivity index (χ2v) is 4.89. The summed E-state index contributed by atoms with van der Waals surface area (Å²) in [7, 11) is 1.54. The van der Waals surface area contributed by atoms with Crippen LogP contribution in [-0.4, -0.2) is 30.9 Å². The highest BCUT2D eigenvalue weighted by atomic mass is 19.1. The van der Waals surface area contributed by atoms with Crippen LogP contribution in [0.2, 0.25) is 0 Å². The van der Waals surface area contributed by atoms with Crippen LogP contribution < -0.4 is 16.0 Å². The lowest BCUT2D eigenvalue weighted by atomic mass is 10.1. The van der Waals surface area contributed by atoms with Crippen molar-refractivity contribution in [1.82, 2.24) is 10.6 Å². The van der Waals surface area contributed by atoms with E-state index < -0.39 is 17.8 Å². The molecule has 108 valence electrons. The Hall–Kier alpha value is -2.11. The predicted octanol–water partition coefficient (Wildman–Crippen LogP) is 1.26. The van der Waals surface area contributed by atoms with Crippen LogP contribution in [0.25, 0.3) is 0 Å². The van der Waals surface area contributed by atoms with Gasteiger partial charge in [0.1, 0.15) is 11.9 Å². The lowest BCUT2D eigenvalue weighted by molar-refractivity contribution is -0.122. The lowest BCUT2D eigenvalue weighted by Crippen LogP contribution is -2.45. The van der Waals surface area contributed by atoms with Gasteiger partial charge in [0.15, 0.2) is 0 Å². The Morgan fingerprint density at radius 3 is 2.65 bits per heavy atom. The van der Waals surface area contributed by atoms with Gasteiger partial charge in [-0.1, -0.05) is 6.07 Å². The van der Waals surface area contributed by atoms with Crippen molar-refractivity contribution in [3.8, 4) is 0 Å². The summed E-state index contributed by atoms with van der Waals surface area (Å²) >= 11 is 0. The average Bonchev–Trinajstić information content (AvgIpc) is 3.22. The monoisotopic (exact) mass is 279 g/mol. The van der Waals surface area contributed by atoms with Gasteiger partial charge in [-0.05, 0) is 31.9 Å². The summed E-state index contributed by atoms with van der Waals surface area (Å²) in [5, 5.41) is 8.03. The van der Waals surface area contributed by atoms with E-state index in [4.69, 9.17) is 0 Å². The van der Waals surface area contributed by atoms with Crippen molar-refractivity contribution in [2.75, 3.05) is 12.4 Å². The van der Waals surface area contributed by atoms with Crippen molar-refractivity contribution in [2.45, 2.75) is 31.8 Å². The quantitative estimate of drug-likeness (QED) is 0.760. The zero-order chi connectivity index (χ0) is 14.7. The van der Waals surface area contributed by atoms with Crippen LogP contribution in [0.4, 0.5) is 10.1 Å². The number of carbonyl (C=O) groups is 2. The maximum absolute atomic E-state index is 13.6. The van der Waals surface area contributed by atoms with E-state index in [1.54, 1.807) is 14.0 Å². The van der Waals surface area contributed by atoms with Gasteiger partial charge in [0.05, 0.1) is 11.3 Å². The zero-order valence-corrected chi connectivity index (χ0v) is 11.5. The second-order valence-electron chi connectivity index (χ2n) is 4.89. The van der Waals surface area contributed by atoms with Crippen molar-refractivity contribution in [2.24, 2.45) is 0 Å². The zero-order valence-electron chi connectivity index (χ0n) is 11.5. The molecule has 0 aliphatic heterocycles. The number of halogens is 1. The van der Waals surface area contributed by atoms with Crippen LogP contribution >= 0.6 is 0 Å². The Labute approximate surface area is 116 Å². The summed E-state index contributed by atoms with van der Waals surface area (Å²) < 4.78 is 13.6. The van der Waals surface area contributed by atoms with Crippen molar-refractivity contribution < 1.29 is 14.0 Å². The van der Waals surface area contributed by atoms with Crippen molar-refractivity contribution >= 4 is 17.5 Å². The molecule has 2 amide bonds. The number of nitrogens with one attached hydrogen (secondary N) is 3. The molecule has 0 radical (unpaired) electrons. The fourth-order valence-electron chi connectivity index (χ4n) is 1.86. The van der Waals surface area contributed by atoms with E-state index in [2.05, 4.69) is 16.0 Å². The van der Waals surface area contributed by atoms with Gasteiger partial charge in [-0.15, -0.1) is 0 Å². The first-order chi connectivity index (χ1) is 9.52. The Kier molecular flexibility index (Phi) is 4.22. The van der Waals surface area contributed by atoms with E-state index in [-0.39, 0.29) is 23.2 Å². The SMILES string of the molecule is CNc1c(F)cccc1C(=O)NC(C)C(=O)NC1CC1. The van der Waals surface area contributed by atoms with E-state index in [1.807, 2.05) is 0 Å². The first kappa shape index (κ1) is 14.3. The standard InChI is InChI=1S/C14H18FN3O2/c1-8(13(19)18-9-6-7-9)17-14(20)10-4-3-5-11(15)12(10)16-2/h3-5,8-9,16H,6-7H2,1-2H3,(H,17,20)(H,18,19). The molecule has 1 saturated carbocycles. The number of anilines is 1. The molecule has 0 spiro atoms. The Balaban J connectivity index is 2.03. The summed E-state index contributed by atoms with van der Waals surface area (Å²) in [6, 6.07) is 3.82. The highest BCUT2D eigenvalue weighted by molar-refractivity contribution is 6.01. The summed E-state index contributed by atoms with van der Waals surface area (Å²) in [5.74, 6) is -1.20. The average molecular weight is 279 g/mol. The van der Waals surface area contributed by atoms with Gasteiger partial charge in [0, 0.05) is 13.1 Å². The molecular weight excluding hydrogens is 261 g/mol. The van der Waals surface area contributed by atoms with Gasteiger partial charge in [0.25, 0.3) is 5.91 Å². The third-order valence-electron chi connectivity index (χ3n) is 3.17. The van der Waals surface area contributed by atoms with Crippen molar-refractivity contribution in [1.29, 1.82) is 0 Å². The highest BCUT2D eigenvalue weighted by Gasteiger charge is 2.26. The maximum atomic E-state index is 13.6. The minimum atomic E-state index is -0.656. The van der Waals surface area contributed by atoms with Gasteiger partial charge in [-0.3, -0.25) is 9.59 Å². The Morgan fingerprint density at radius 2 is 2.05 bits per heavy atom. The fraction of sp³-hybridized carbons (Fsp3) is 0.429. The molecule has 5 nitrogen and oxygen atoms in total. The third kappa shape index (κ3) is 3.26. The van der Waals surface area contributed by atoms with Crippen LogP contribution in [0.1, 0.15) is 30.1 Å². The Bertz CT molecular complexity index is 529. The van der Waals surface area contributed by atoms with E-state index in [0.29, 0.717) is 0 Å². The molecule has 6 heteroatoms. The summed E-state index contributed by atoms with van der Waals surface area (Å²) in [6.07, 6.45) is 1.97. The molecule has 1 aromatic carbocycles. The highest BCUT2D eigenvalue weighted by Crippen LogP contribution is 2.20. The minimum Gasteiger partial charge on any atom is -0.385 e. The van der Waals surface area contributed by atoms with Crippen LogP contribution in [0.15, 0.2) is 18.2 Å². The molecule has 1 fully saturated rings. The largest absolute Gasteiger partial charge is 0.385 e. The fourth-order valence-corrected chi connectivity index (χ4v) is 1.86. The molecule has 0 aromatic heterocycles.